The normalized spacial score (nSPS) is 23.8. The maximum absolute atomic E-state index is 13.8. The molecule has 2 aromatic rings. The van der Waals surface area contributed by atoms with E-state index in [9.17, 15) is 14.4 Å². The number of amides is 3. The number of fused-ring (bicyclic) bond motifs is 1. The van der Waals surface area contributed by atoms with Gasteiger partial charge < -0.3 is 31.7 Å². The number of carbonyl (C=O) groups is 3. The average molecular weight is 522 g/mol. The second kappa shape index (κ2) is 12.9. The third kappa shape index (κ3) is 6.52. The Hall–Kier alpha value is -3.43. The number of hydrogen-bond acceptors (Lipinski definition) is 6. The van der Waals surface area contributed by atoms with Crippen molar-refractivity contribution in [3.63, 3.8) is 0 Å². The van der Waals surface area contributed by atoms with Crippen LogP contribution in [0.4, 0.5) is 0 Å². The molecule has 0 aromatic heterocycles. The Labute approximate surface area is 224 Å². The van der Waals surface area contributed by atoms with Gasteiger partial charge in [-0.2, -0.15) is 0 Å². The molecular weight excluding hydrogens is 482 g/mol. The van der Waals surface area contributed by atoms with Gasteiger partial charge in [0.2, 0.25) is 17.7 Å². The summed E-state index contributed by atoms with van der Waals surface area (Å²) in [5, 5.41) is 5.90. The highest BCUT2D eigenvalue weighted by Crippen LogP contribution is 2.33. The van der Waals surface area contributed by atoms with Crippen LogP contribution in [0.2, 0.25) is 0 Å². The molecule has 5 atom stereocenters. The second-order valence-electron chi connectivity index (χ2n) is 10.2. The molecule has 2 aromatic carbocycles. The summed E-state index contributed by atoms with van der Waals surface area (Å²) in [7, 11) is 1.62. The summed E-state index contributed by atoms with van der Waals surface area (Å²) >= 11 is 0. The number of methoxy groups -OCH3 is 1. The van der Waals surface area contributed by atoms with Gasteiger partial charge in [0.15, 0.2) is 0 Å². The minimum atomic E-state index is -0.799. The molecule has 9 nitrogen and oxygen atoms in total. The van der Waals surface area contributed by atoms with Gasteiger partial charge in [0.05, 0.1) is 13.2 Å². The highest BCUT2D eigenvalue weighted by molar-refractivity contribution is 5.94. The van der Waals surface area contributed by atoms with Crippen molar-refractivity contribution < 1.29 is 19.1 Å². The SMILES string of the molecule is COc1ccc(CCNC(=O)C2CCC3CCC(CN)C(NC(=O)C(N)Cc4ccccc4)C(=O)N32)cc1. The van der Waals surface area contributed by atoms with Crippen molar-refractivity contribution in [3.8, 4) is 5.75 Å². The van der Waals surface area contributed by atoms with Gasteiger partial charge in [-0.25, -0.2) is 0 Å². The van der Waals surface area contributed by atoms with E-state index in [0.717, 1.165) is 29.7 Å². The fraction of sp³-hybridized carbons (Fsp3) is 0.483. The number of nitrogens with one attached hydrogen (secondary N) is 2. The van der Waals surface area contributed by atoms with E-state index in [0.29, 0.717) is 32.2 Å². The molecule has 0 saturated carbocycles. The lowest BCUT2D eigenvalue weighted by atomic mass is 9.93. The molecule has 3 amide bonds. The van der Waals surface area contributed by atoms with Crippen molar-refractivity contribution in [2.45, 2.75) is 62.7 Å². The second-order valence-corrected chi connectivity index (χ2v) is 10.2. The number of nitrogens with two attached hydrogens (primary N) is 2. The van der Waals surface area contributed by atoms with Gasteiger partial charge in [-0.1, -0.05) is 42.5 Å². The van der Waals surface area contributed by atoms with Gasteiger partial charge in [-0.3, -0.25) is 14.4 Å². The van der Waals surface area contributed by atoms with E-state index >= 15 is 0 Å². The summed E-state index contributed by atoms with van der Waals surface area (Å²) in [5.41, 5.74) is 14.3. The first-order chi connectivity index (χ1) is 18.4. The van der Waals surface area contributed by atoms with Gasteiger partial charge in [0, 0.05) is 18.5 Å². The first-order valence-corrected chi connectivity index (χ1v) is 13.4. The molecule has 2 fully saturated rings. The third-order valence-corrected chi connectivity index (χ3v) is 7.78. The van der Waals surface area contributed by atoms with Crippen molar-refractivity contribution in [1.82, 2.24) is 15.5 Å². The van der Waals surface area contributed by atoms with E-state index in [-0.39, 0.29) is 36.2 Å². The number of nitrogens with zero attached hydrogens (tertiary/aromatic N) is 1. The molecule has 9 heteroatoms. The first-order valence-electron chi connectivity index (χ1n) is 13.4. The summed E-state index contributed by atoms with van der Waals surface area (Å²) < 4.78 is 5.19. The molecule has 0 radical (unpaired) electrons. The molecule has 0 aliphatic carbocycles. The van der Waals surface area contributed by atoms with Gasteiger partial charge >= 0.3 is 0 Å². The van der Waals surface area contributed by atoms with Crippen molar-refractivity contribution in [1.29, 1.82) is 0 Å². The summed E-state index contributed by atoms with van der Waals surface area (Å²) in [5.74, 6) is -0.209. The van der Waals surface area contributed by atoms with E-state index in [1.807, 2.05) is 54.6 Å². The molecule has 2 heterocycles. The highest BCUT2D eigenvalue weighted by atomic mass is 16.5. The molecule has 0 bridgehead atoms. The Balaban J connectivity index is 1.39. The molecule has 0 spiro atoms. The third-order valence-electron chi connectivity index (χ3n) is 7.78. The van der Waals surface area contributed by atoms with E-state index in [4.69, 9.17) is 16.2 Å². The van der Waals surface area contributed by atoms with E-state index in [1.165, 1.54) is 0 Å². The lowest BCUT2D eigenvalue weighted by Crippen LogP contribution is -2.59. The minimum absolute atomic E-state index is 0.0335. The van der Waals surface area contributed by atoms with Crippen LogP contribution in [0.3, 0.4) is 0 Å². The number of hydrogen-bond donors (Lipinski definition) is 4. The fourth-order valence-electron chi connectivity index (χ4n) is 5.59. The molecule has 204 valence electrons. The Morgan fingerprint density at radius 2 is 1.74 bits per heavy atom. The van der Waals surface area contributed by atoms with Crippen LogP contribution in [0.1, 0.15) is 36.8 Å². The molecular formula is C29H39N5O4. The smallest absolute Gasteiger partial charge is 0.246 e. The largest absolute Gasteiger partial charge is 0.497 e. The lowest BCUT2D eigenvalue weighted by Gasteiger charge is -2.32. The molecule has 4 rings (SSSR count). The van der Waals surface area contributed by atoms with Crippen molar-refractivity contribution in [2.75, 3.05) is 20.2 Å². The van der Waals surface area contributed by atoms with Crippen LogP contribution < -0.4 is 26.8 Å². The lowest BCUT2D eigenvalue weighted by molar-refractivity contribution is -0.143. The van der Waals surface area contributed by atoms with Gasteiger partial charge in [-0.05, 0) is 68.3 Å². The van der Waals surface area contributed by atoms with Crippen LogP contribution >= 0.6 is 0 Å². The molecule has 2 aliphatic heterocycles. The zero-order chi connectivity index (χ0) is 27.1. The van der Waals surface area contributed by atoms with E-state index < -0.39 is 18.1 Å². The van der Waals surface area contributed by atoms with Gasteiger partial charge in [0.25, 0.3) is 0 Å². The fourth-order valence-corrected chi connectivity index (χ4v) is 5.59. The Bertz CT molecular complexity index is 1090. The number of ether oxygens (including phenoxy) is 1. The molecule has 6 N–H and O–H groups in total. The summed E-state index contributed by atoms with van der Waals surface area (Å²) in [4.78, 5) is 41.7. The molecule has 2 saturated heterocycles. The Morgan fingerprint density at radius 3 is 2.42 bits per heavy atom. The standard InChI is InChI=1S/C29H39N5O4/c1-38-23-12-7-19(8-13-23)15-16-32-28(36)25-14-11-22-10-9-21(18-30)26(29(37)34(22)25)33-27(35)24(31)17-20-5-3-2-4-6-20/h2-8,12-13,21-22,24-26H,9-11,14-18,30-31H2,1H3,(H,32,36)(H,33,35). The molecule has 2 aliphatic rings. The zero-order valence-electron chi connectivity index (χ0n) is 22.0. The minimum Gasteiger partial charge on any atom is -0.497 e. The zero-order valence-corrected chi connectivity index (χ0v) is 22.0. The van der Waals surface area contributed by atoms with Gasteiger partial charge in [-0.15, -0.1) is 0 Å². The van der Waals surface area contributed by atoms with Crippen LogP contribution in [0.25, 0.3) is 0 Å². The van der Waals surface area contributed by atoms with Crippen LogP contribution in [0.15, 0.2) is 54.6 Å². The quantitative estimate of drug-likeness (QED) is 0.370. The van der Waals surface area contributed by atoms with Crippen LogP contribution in [0, 0.1) is 5.92 Å². The van der Waals surface area contributed by atoms with Crippen LogP contribution in [-0.2, 0) is 27.2 Å². The topological polar surface area (TPSA) is 140 Å². The Morgan fingerprint density at radius 1 is 1.03 bits per heavy atom. The van der Waals surface area contributed by atoms with Crippen LogP contribution in [-0.4, -0.2) is 67.0 Å². The number of carbonyl (C=O) groups excluding carboxylic acids is 3. The van der Waals surface area contributed by atoms with Crippen molar-refractivity contribution >= 4 is 17.7 Å². The van der Waals surface area contributed by atoms with E-state index in [2.05, 4.69) is 10.6 Å². The monoisotopic (exact) mass is 521 g/mol. The van der Waals surface area contributed by atoms with Gasteiger partial charge in [0.1, 0.15) is 17.8 Å². The average Bonchev–Trinajstić information content (AvgIpc) is 3.32. The maximum Gasteiger partial charge on any atom is 0.246 e. The highest BCUT2D eigenvalue weighted by Gasteiger charge is 2.47. The summed E-state index contributed by atoms with van der Waals surface area (Å²) in [6.07, 6.45) is 3.86. The Kier molecular flexibility index (Phi) is 9.36. The summed E-state index contributed by atoms with van der Waals surface area (Å²) in [6.45, 7) is 0.734. The predicted molar refractivity (Wildman–Crippen MR) is 145 cm³/mol. The molecule has 38 heavy (non-hydrogen) atoms. The number of benzene rings is 2. The van der Waals surface area contributed by atoms with Crippen molar-refractivity contribution in [3.05, 3.63) is 65.7 Å². The number of rotatable bonds is 10. The summed E-state index contributed by atoms with van der Waals surface area (Å²) in [6, 6.07) is 15.1. The predicted octanol–water partition coefficient (Wildman–Crippen LogP) is 1.14. The maximum atomic E-state index is 13.8. The first kappa shape index (κ1) is 27.6. The van der Waals surface area contributed by atoms with Crippen LogP contribution in [0.5, 0.6) is 5.75 Å². The molecule has 5 unspecified atom stereocenters. The van der Waals surface area contributed by atoms with E-state index in [1.54, 1.807) is 12.0 Å². The van der Waals surface area contributed by atoms with Crippen molar-refractivity contribution in [2.24, 2.45) is 17.4 Å².